The Kier molecular flexibility index (Phi) is 6.33. The number of ether oxygens (including phenoxy) is 1. The van der Waals surface area contributed by atoms with Crippen molar-refractivity contribution in [1.29, 1.82) is 0 Å². The molecule has 1 atom stereocenters. The molecule has 0 fully saturated rings. The summed E-state index contributed by atoms with van der Waals surface area (Å²) in [6.07, 6.45) is -0.113. The number of aromatic amines is 1. The summed E-state index contributed by atoms with van der Waals surface area (Å²) in [5, 5.41) is 12.2. The normalized spacial score (nSPS) is 11.8. The second-order valence-corrected chi connectivity index (χ2v) is 6.81. The molecule has 1 aromatic heterocycles. The number of nitrogens with one attached hydrogen (secondary N) is 2. The number of primary amides is 1. The van der Waals surface area contributed by atoms with Gasteiger partial charge in [0.25, 0.3) is 5.91 Å². The number of carbonyl (C=O) groups is 3. The van der Waals surface area contributed by atoms with Crippen LogP contribution in [0.2, 0.25) is 0 Å². The molecular weight excluding hydrogens is 388 g/mol. The van der Waals surface area contributed by atoms with Crippen LogP contribution >= 0.6 is 0 Å². The van der Waals surface area contributed by atoms with Crippen LogP contribution < -0.4 is 21.5 Å². The van der Waals surface area contributed by atoms with Crippen LogP contribution in [-0.4, -0.2) is 33.9 Å². The van der Waals surface area contributed by atoms with Crippen molar-refractivity contribution >= 4 is 34.4 Å². The van der Waals surface area contributed by atoms with E-state index < -0.39 is 23.8 Å². The van der Waals surface area contributed by atoms with E-state index in [2.05, 4.69) is 10.3 Å². The van der Waals surface area contributed by atoms with Gasteiger partial charge in [-0.1, -0.05) is 12.1 Å². The van der Waals surface area contributed by atoms with E-state index in [1.54, 1.807) is 42.5 Å². The Bertz CT molecular complexity index is 1090. The summed E-state index contributed by atoms with van der Waals surface area (Å²) < 4.78 is 5.81. The van der Waals surface area contributed by atoms with Crippen LogP contribution in [0.5, 0.6) is 5.75 Å². The molecule has 7 N–H and O–H groups in total. The lowest BCUT2D eigenvalue weighted by atomic mass is 10.1. The Labute approximate surface area is 172 Å². The molecule has 2 amide bonds. The Morgan fingerprint density at radius 1 is 1.13 bits per heavy atom. The number of carboxylic acid groups (broad SMARTS) is 1. The number of aromatic nitrogens is 1. The highest BCUT2D eigenvalue weighted by Crippen LogP contribution is 2.23. The average Bonchev–Trinajstić information content (AvgIpc) is 3.14. The van der Waals surface area contributed by atoms with Crippen molar-refractivity contribution in [1.82, 2.24) is 4.98 Å². The molecular formula is C21H22N4O5. The minimum absolute atomic E-state index is 0.0586. The molecule has 3 rings (SSSR count). The summed E-state index contributed by atoms with van der Waals surface area (Å²) >= 11 is 0. The number of carbonyl (C=O) groups excluding carboxylic acids is 2. The molecule has 9 nitrogen and oxygen atoms in total. The molecule has 3 aromatic rings. The monoisotopic (exact) mass is 410 g/mol. The largest absolute Gasteiger partial charge is 0.489 e. The number of fused-ring (bicyclic) bond motifs is 1. The highest BCUT2D eigenvalue weighted by atomic mass is 16.5. The summed E-state index contributed by atoms with van der Waals surface area (Å²) in [6.45, 7) is 0.257. The van der Waals surface area contributed by atoms with Crippen molar-refractivity contribution < 1.29 is 24.2 Å². The van der Waals surface area contributed by atoms with Gasteiger partial charge in [-0.2, -0.15) is 0 Å². The van der Waals surface area contributed by atoms with Gasteiger partial charge in [-0.3, -0.25) is 14.4 Å². The van der Waals surface area contributed by atoms with Crippen molar-refractivity contribution in [2.45, 2.75) is 25.5 Å². The van der Waals surface area contributed by atoms with Crippen LogP contribution in [0.4, 0.5) is 5.69 Å². The van der Waals surface area contributed by atoms with Gasteiger partial charge in [-0.05, 0) is 48.4 Å². The lowest BCUT2D eigenvalue weighted by Crippen LogP contribution is -2.36. The molecule has 30 heavy (non-hydrogen) atoms. The van der Waals surface area contributed by atoms with Crippen LogP contribution in [-0.2, 0) is 16.2 Å². The van der Waals surface area contributed by atoms with Crippen molar-refractivity contribution in [3.05, 3.63) is 59.8 Å². The molecule has 1 heterocycles. The fourth-order valence-corrected chi connectivity index (χ4v) is 2.88. The molecule has 0 bridgehead atoms. The van der Waals surface area contributed by atoms with E-state index in [0.29, 0.717) is 17.1 Å². The average molecular weight is 410 g/mol. The second-order valence-electron chi connectivity index (χ2n) is 6.81. The predicted molar refractivity (Wildman–Crippen MR) is 111 cm³/mol. The first-order valence-corrected chi connectivity index (χ1v) is 9.24. The summed E-state index contributed by atoms with van der Waals surface area (Å²) in [5.74, 6) is -1.36. The SMILES string of the molecule is NC(=O)c1cc2cc(OCc3cccc(NC(=O)C(N)CCC(=O)O)c3)ccc2[nH]1. The molecule has 9 heteroatoms. The zero-order valence-electron chi connectivity index (χ0n) is 16.1. The first-order chi connectivity index (χ1) is 14.3. The van der Waals surface area contributed by atoms with Crippen LogP contribution in [0.15, 0.2) is 48.5 Å². The Hall–Kier alpha value is -3.85. The fraction of sp³-hybridized carbons (Fsp3) is 0.190. The van der Waals surface area contributed by atoms with Crippen molar-refractivity contribution in [2.75, 3.05) is 5.32 Å². The minimum atomic E-state index is -0.999. The smallest absolute Gasteiger partial charge is 0.303 e. The van der Waals surface area contributed by atoms with E-state index >= 15 is 0 Å². The predicted octanol–water partition coefficient (Wildman–Crippen LogP) is 1.98. The fourth-order valence-electron chi connectivity index (χ4n) is 2.88. The molecule has 1 unspecified atom stereocenters. The number of benzene rings is 2. The molecule has 0 aliphatic heterocycles. The molecule has 0 aliphatic carbocycles. The van der Waals surface area contributed by atoms with E-state index in [1.807, 2.05) is 6.07 Å². The lowest BCUT2D eigenvalue weighted by Gasteiger charge is -2.12. The van der Waals surface area contributed by atoms with Gasteiger partial charge in [0.1, 0.15) is 18.1 Å². The topological polar surface area (TPSA) is 161 Å². The maximum atomic E-state index is 12.1. The van der Waals surface area contributed by atoms with Crippen molar-refractivity contribution in [2.24, 2.45) is 11.5 Å². The van der Waals surface area contributed by atoms with Gasteiger partial charge < -0.3 is 31.6 Å². The third kappa shape index (κ3) is 5.36. The van der Waals surface area contributed by atoms with Gasteiger partial charge in [0.2, 0.25) is 5.91 Å². The first kappa shape index (κ1) is 20.9. The van der Waals surface area contributed by atoms with Crippen LogP contribution in [0.25, 0.3) is 10.9 Å². The Balaban J connectivity index is 1.61. The third-order valence-electron chi connectivity index (χ3n) is 4.46. The van der Waals surface area contributed by atoms with Crippen LogP contribution in [0, 0.1) is 0 Å². The van der Waals surface area contributed by atoms with E-state index in [4.69, 9.17) is 21.3 Å². The van der Waals surface area contributed by atoms with E-state index in [-0.39, 0.29) is 19.4 Å². The number of aliphatic carboxylic acids is 1. The van der Waals surface area contributed by atoms with Crippen LogP contribution in [0.3, 0.4) is 0 Å². The minimum Gasteiger partial charge on any atom is -0.489 e. The summed E-state index contributed by atoms with van der Waals surface area (Å²) in [6, 6.07) is 13.2. The molecule has 156 valence electrons. The Morgan fingerprint density at radius 2 is 1.93 bits per heavy atom. The maximum Gasteiger partial charge on any atom is 0.303 e. The van der Waals surface area contributed by atoms with Gasteiger partial charge in [0.15, 0.2) is 0 Å². The standard InChI is InChI=1S/C21H22N4O5/c22-16(5-7-19(26)27)21(29)24-14-3-1-2-12(8-14)11-30-15-4-6-17-13(9-15)10-18(25-17)20(23)28/h1-4,6,8-10,16,25H,5,7,11,22H2,(H2,23,28)(H,24,29)(H,26,27). The number of carboxylic acids is 1. The number of H-pyrrole nitrogens is 1. The molecule has 0 aliphatic rings. The lowest BCUT2D eigenvalue weighted by molar-refractivity contribution is -0.137. The van der Waals surface area contributed by atoms with Gasteiger partial charge >= 0.3 is 5.97 Å². The zero-order valence-corrected chi connectivity index (χ0v) is 16.1. The van der Waals surface area contributed by atoms with Crippen molar-refractivity contribution in [3.63, 3.8) is 0 Å². The molecule has 0 saturated carbocycles. The quantitative estimate of drug-likeness (QED) is 0.362. The zero-order chi connectivity index (χ0) is 21.7. The number of amides is 2. The Morgan fingerprint density at radius 3 is 2.67 bits per heavy atom. The number of rotatable bonds is 9. The van der Waals surface area contributed by atoms with E-state index in [0.717, 1.165) is 16.5 Å². The third-order valence-corrected chi connectivity index (χ3v) is 4.46. The number of anilines is 1. The molecule has 2 aromatic carbocycles. The number of hydrogen-bond donors (Lipinski definition) is 5. The second kappa shape index (κ2) is 9.10. The summed E-state index contributed by atoms with van der Waals surface area (Å²) in [5.41, 5.74) is 13.5. The highest BCUT2D eigenvalue weighted by Gasteiger charge is 2.15. The maximum absolute atomic E-state index is 12.1. The van der Waals surface area contributed by atoms with Gasteiger partial charge in [0.05, 0.1) is 6.04 Å². The number of nitrogens with two attached hydrogens (primary N) is 2. The molecule has 0 saturated heterocycles. The van der Waals surface area contributed by atoms with E-state index in [1.165, 1.54) is 0 Å². The van der Waals surface area contributed by atoms with Crippen molar-refractivity contribution in [3.8, 4) is 5.75 Å². The molecule has 0 spiro atoms. The highest BCUT2D eigenvalue weighted by molar-refractivity contribution is 5.97. The molecule has 0 radical (unpaired) electrons. The summed E-state index contributed by atoms with van der Waals surface area (Å²) in [7, 11) is 0. The summed E-state index contributed by atoms with van der Waals surface area (Å²) in [4.78, 5) is 36.9. The van der Waals surface area contributed by atoms with E-state index in [9.17, 15) is 14.4 Å². The van der Waals surface area contributed by atoms with Gasteiger partial charge in [-0.25, -0.2) is 0 Å². The van der Waals surface area contributed by atoms with Gasteiger partial charge in [-0.15, -0.1) is 0 Å². The van der Waals surface area contributed by atoms with Gasteiger partial charge in [0, 0.05) is 23.0 Å². The van der Waals surface area contributed by atoms with Crippen LogP contribution in [0.1, 0.15) is 28.9 Å². The number of hydrogen-bond acceptors (Lipinski definition) is 5. The first-order valence-electron chi connectivity index (χ1n) is 9.24.